The minimum absolute atomic E-state index is 0.213. The van der Waals surface area contributed by atoms with Crippen LogP contribution in [0.15, 0.2) is 59.2 Å². The molecule has 0 radical (unpaired) electrons. The molecule has 0 spiro atoms. The average Bonchev–Trinajstić information content (AvgIpc) is 2.99. The second kappa shape index (κ2) is 6.87. The summed E-state index contributed by atoms with van der Waals surface area (Å²) in [6, 6.07) is 10.9. The lowest BCUT2D eigenvalue weighted by Gasteiger charge is -2.16. The summed E-state index contributed by atoms with van der Waals surface area (Å²) in [4.78, 5) is 9.63. The molecule has 0 saturated carbocycles. The molecule has 0 saturated heterocycles. The van der Waals surface area contributed by atoms with Gasteiger partial charge in [0, 0.05) is 23.2 Å². The van der Waals surface area contributed by atoms with E-state index in [2.05, 4.69) is 28.4 Å². The van der Waals surface area contributed by atoms with E-state index in [1.54, 1.807) is 18.5 Å². The molecule has 3 aromatic rings. The third-order valence-electron chi connectivity index (χ3n) is 3.79. The van der Waals surface area contributed by atoms with Crippen LogP contribution in [0.25, 0.3) is 11.3 Å². The van der Waals surface area contributed by atoms with Crippen molar-refractivity contribution in [2.24, 2.45) is 4.99 Å². The highest BCUT2D eigenvalue weighted by Crippen LogP contribution is 2.27. The zero-order valence-electron chi connectivity index (χ0n) is 13.1. The van der Waals surface area contributed by atoms with Gasteiger partial charge < -0.3 is 4.57 Å². The van der Waals surface area contributed by atoms with E-state index in [0.717, 1.165) is 22.6 Å². The Balaban J connectivity index is 2.20. The SMILES string of the molecule is CCC(C)n1c(-c2ccccc2F)csc1=Nc1cccnc1. The van der Waals surface area contributed by atoms with Gasteiger partial charge in [0.25, 0.3) is 0 Å². The molecule has 2 aromatic heterocycles. The quantitative estimate of drug-likeness (QED) is 0.666. The van der Waals surface area contributed by atoms with Crippen LogP contribution in [0, 0.1) is 5.82 Å². The molecule has 0 bridgehead atoms. The van der Waals surface area contributed by atoms with E-state index in [1.165, 1.54) is 17.4 Å². The van der Waals surface area contributed by atoms with Crippen molar-refractivity contribution in [3.8, 4) is 11.3 Å². The van der Waals surface area contributed by atoms with Gasteiger partial charge in [-0.3, -0.25) is 4.98 Å². The number of hydrogen-bond acceptors (Lipinski definition) is 3. The van der Waals surface area contributed by atoms with E-state index >= 15 is 0 Å². The van der Waals surface area contributed by atoms with E-state index in [9.17, 15) is 4.39 Å². The van der Waals surface area contributed by atoms with Gasteiger partial charge in [-0.2, -0.15) is 0 Å². The molecule has 0 fully saturated rings. The Labute approximate surface area is 138 Å². The fraction of sp³-hybridized carbons (Fsp3) is 0.222. The predicted molar refractivity (Wildman–Crippen MR) is 92.2 cm³/mol. The zero-order valence-corrected chi connectivity index (χ0v) is 13.9. The summed E-state index contributed by atoms with van der Waals surface area (Å²) in [7, 11) is 0. The molecule has 118 valence electrons. The van der Waals surface area contributed by atoms with Crippen molar-refractivity contribution in [1.82, 2.24) is 9.55 Å². The normalized spacial score (nSPS) is 13.3. The van der Waals surface area contributed by atoms with Gasteiger partial charge in [-0.25, -0.2) is 9.38 Å². The number of aromatic nitrogens is 2. The van der Waals surface area contributed by atoms with Gasteiger partial charge >= 0.3 is 0 Å². The van der Waals surface area contributed by atoms with Crippen LogP contribution >= 0.6 is 11.3 Å². The second-order valence-corrected chi connectivity index (χ2v) is 6.17. The monoisotopic (exact) mass is 327 g/mol. The predicted octanol–water partition coefficient (Wildman–Crippen LogP) is 4.95. The molecule has 0 aliphatic carbocycles. The zero-order chi connectivity index (χ0) is 16.2. The first-order valence-electron chi connectivity index (χ1n) is 7.60. The van der Waals surface area contributed by atoms with Crippen molar-refractivity contribution in [1.29, 1.82) is 0 Å². The van der Waals surface area contributed by atoms with Crippen LogP contribution in [-0.2, 0) is 0 Å². The van der Waals surface area contributed by atoms with Crippen molar-refractivity contribution in [2.45, 2.75) is 26.3 Å². The molecule has 3 rings (SSSR count). The molecule has 5 heteroatoms. The highest BCUT2D eigenvalue weighted by atomic mass is 32.1. The van der Waals surface area contributed by atoms with Crippen LogP contribution in [-0.4, -0.2) is 9.55 Å². The molecule has 0 N–H and O–H groups in total. The van der Waals surface area contributed by atoms with Gasteiger partial charge in [0.1, 0.15) is 5.82 Å². The topological polar surface area (TPSA) is 30.2 Å². The van der Waals surface area contributed by atoms with E-state index in [1.807, 2.05) is 29.6 Å². The maximum atomic E-state index is 14.2. The highest BCUT2D eigenvalue weighted by molar-refractivity contribution is 7.07. The summed E-state index contributed by atoms with van der Waals surface area (Å²) in [5.41, 5.74) is 2.27. The Morgan fingerprint density at radius 3 is 2.78 bits per heavy atom. The number of benzene rings is 1. The standard InChI is InChI=1S/C18H18FN3S/c1-3-13(2)22-17(15-8-4-5-9-16(15)19)12-23-18(22)21-14-7-6-10-20-11-14/h4-13H,3H2,1-2H3. The van der Waals surface area contributed by atoms with Gasteiger partial charge in [0.15, 0.2) is 4.80 Å². The fourth-order valence-electron chi connectivity index (χ4n) is 2.41. The first-order chi connectivity index (χ1) is 11.2. The van der Waals surface area contributed by atoms with Crippen molar-refractivity contribution in [2.75, 3.05) is 0 Å². The molecular weight excluding hydrogens is 309 g/mol. The van der Waals surface area contributed by atoms with Crippen LogP contribution in [0.2, 0.25) is 0 Å². The van der Waals surface area contributed by atoms with E-state index in [-0.39, 0.29) is 11.9 Å². The summed E-state index contributed by atoms with van der Waals surface area (Å²) >= 11 is 1.52. The van der Waals surface area contributed by atoms with Crippen LogP contribution in [0.3, 0.4) is 0 Å². The summed E-state index contributed by atoms with van der Waals surface area (Å²) < 4.78 is 16.3. The van der Waals surface area contributed by atoms with Crippen LogP contribution in [0.1, 0.15) is 26.3 Å². The maximum absolute atomic E-state index is 14.2. The average molecular weight is 327 g/mol. The maximum Gasteiger partial charge on any atom is 0.190 e. The number of hydrogen-bond donors (Lipinski definition) is 0. The van der Waals surface area contributed by atoms with Crippen molar-refractivity contribution in [3.63, 3.8) is 0 Å². The number of nitrogens with zero attached hydrogens (tertiary/aromatic N) is 3. The lowest BCUT2D eigenvalue weighted by molar-refractivity contribution is 0.522. The number of halogens is 1. The van der Waals surface area contributed by atoms with Gasteiger partial charge in [0.05, 0.1) is 17.6 Å². The lowest BCUT2D eigenvalue weighted by atomic mass is 10.1. The summed E-state index contributed by atoms with van der Waals surface area (Å²) in [5.74, 6) is -0.213. The largest absolute Gasteiger partial charge is 0.314 e. The van der Waals surface area contributed by atoms with Crippen LogP contribution < -0.4 is 4.80 Å². The third-order valence-corrected chi connectivity index (χ3v) is 4.63. The Kier molecular flexibility index (Phi) is 4.67. The molecule has 1 atom stereocenters. The molecular formula is C18H18FN3S. The van der Waals surface area contributed by atoms with Crippen molar-refractivity contribution >= 4 is 17.0 Å². The van der Waals surface area contributed by atoms with Crippen molar-refractivity contribution < 1.29 is 4.39 Å². The number of thiazole rings is 1. The molecule has 1 unspecified atom stereocenters. The van der Waals surface area contributed by atoms with Crippen LogP contribution in [0.5, 0.6) is 0 Å². The first kappa shape index (κ1) is 15.6. The minimum atomic E-state index is -0.213. The molecule has 0 aliphatic rings. The molecule has 3 nitrogen and oxygen atoms in total. The molecule has 0 aliphatic heterocycles. The van der Waals surface area contributed by atoms with E-state index in [4.69, 9.17) is 0 Å². The Morgan fingerprint density at radius 2 is 2.09 bits per heavy atom. The minimum Gasteiger partial charge on any atom is -0.314 e. The van der Waals surface area contributed by atoms with Gasteiger partial charge in [-0.05, 0) is 37.6 Å². The van der Waals surface area contributed by atoms with Gasteiger partial charge in [-0.1, -0.05) is 19.1 Å². The molecule has 2 heterocycles. The Bertz CT molecular complexity index is 852. The summed E-state index contributed by atoms with van der Waals surface area (Å²) in [6.45, 7) is 4.24. The Morgan fingerprint density at radius 1 is 1.26 bits per heavy atom. The first-order valence-corrected chi connectivity index (χ1v) is 8.48. The molecule has 23 heavy (non-hydrogen) atoms. The number of pyridine rings is 1. The number of rotatable bonds is 4. The fourth-order valence-corrected chi connectivity index (χ4v) is 3.41. The highest BCUT2D eigenvalue weighted by Gasteiger charge is 2.15. The van der Waals surface area contributed by atoms with Crippen LogP contribution in [0.4, 0.5) is 10.1 Å². The Hall–Kier alpha value is -2.27. The smallest absolute Gasteiger partial charge is 0.190 e. The third kappa shape index (κ3) is 3.24. The van der Waals surface area contributed by atoms with Crippen molar-refractivity contribution in [3.05, 3.63) is 64.8 Å². The van der Waals surface area contributed by atoms with Gasteiger partial charge in [0.2, 0.25) is 0 Å². The lowest BCUT2D eigenvalue weighted by Crippen LogP contribution is -2.19. The molecule has 1 aromatic carbocycles. The van der Waals surface area contributed by atoms with E-state index < -0.39 is 0 Å². The summed E-state index contributed by atoms with van der Waals surface area (Å²) in [5, 5.41) is 1.97. The van der Waals surface area contributed by atoms with E-state index in [0.29, 0.717) is 5.56 Å². The molecule has 0 amide bonds. The summed E-state index contributed by atoms with van der Waals surface area (Å²) in [6.07, 6.45) is 4.39. The second-order valence-electron chi connectivity index (χ2n) is 5.33. The van der Waals surface area contributed by atoms with Gasteiger partial charge in [-0.15, -0.1) is 11.3 Å².